The third-order valence-electron chi connectivity index (χ3n) is 2.86. The third kappa shape index (κ3) is 4.26. The fraction of sp³-hybridized carbons (Fsp3) is 0.385. The van der Waals surface area contributed by atoms with Gasteiger partial charge in [0.1, 0.15) is 5.92 Å². The van der Waals surface area contributed by atoms with Crippen molar-refractivity contribution >= 4 is 11.7 Å². The predicted molar refractivity (Wildman–Crippen MR) is 71.8 cm³/mol. The number of amidine groups is 1. The Labute approximate surface area is 112 Å². The van der Waals surface area contributed by atoms with Crippen LogP contribution in [-0.4, -0.2) is 47.2 Å². The van der Waals surface area contributed by atoms with Gasteiger partial charge in [-0.2, -0.15) is 0 Å². The zero-order chi connectivity index (χ0) is 14.3. The van der Waals surface area contributed by atoms with Gasteiger partial charge in [0, 0.05) is 13.6 Å². The summed E-state index contributed by atoms with van der Waals surface area (Å²) in [5.41, 5.74) is 6.51. The van der Waals surface area contributed by atoms with E-state index in [1.54, 1.807) is 7.05 Å². The van der Waals surface area contributed by atoms with Crippen molar-refractivity contribution in [3.63, 3.8) is 0 Å². The molecular formula is C13H19N3O3. The molecule has 0 aliphatic heterocycles. The molecule has 0 radical (unpaired) electrons. The first kappa shape index (κ1) is 15.0. The number of aliphatic hydroxyl groups is 1. The highest BCUT2D eigenvalue weighted by molar-refractivity contribution is 6.02. The molecule has 0 saturated carbocycles. The van der Waals surface area contributed by atoms with Crippen LogP contribution in [0.15, 0.2) is 35.5 Å². The lowest BCUT2D eigenvalue weighted by molar-refractivity contribution is -0.132. The van der Waals surface area contributed by atoms with Crippen LogP contribution in [0.25, 0.3) is 0 Å². The normalized spacial score (nSPS) is 13.1. The van der Waals surface area contributed by atoms with Gasteiger partial charge in [-0.1, -0.05) is 35.5 Å². The van der Waals surface area contributed by atoms with Gasteiger partial charge in [-0.25, -0.2) is 0 Å². The largest absolute Gasteiger partial charge is 0.409 e. The maximum Gasteiger partial charge on any atom is 0.233 e. The second-order valence-electron chi connectivity index (χ2n) is 4.25. The van der Waals surface area contributed by atoms with E-state index in [9.17, 15) is 4.79 Å². The topological polar surface area (TPSA) is 99.2 Å². The summed E-state index contributed by atoms with van der Waals surface area (Å²) >= 11 is 0. The Morgan fingerprint density at radius 1 is 1.42 bits per heavy atom. The Kier molecular flexibility index (Phi) is 5.81. The Morgan fingerprint density at radius 3 is 2.58 bits per heavy atom. The molecule has 1 rings (SSSR count). The van der Waals surface area contributed by atoms with Gasteiger partial charge in [-0.3, -0.25) is 4.79 Å². The minimum absolute atomic E-state index is 0.126. The number of benzene rings is 1. The second kappa shape index (κ2) is 7.38. The van der Waals surface area contributed by atoms with Crippen molar-refractivity contribution < 1.29 is 15.1 Å². The molecule has 1 aromatic carbocycles. The average Bonchev–Trinajstić information content (AvgIpc) is 2.44. The Morgan fingerprint density at radius 2 is 2.05 bits per heavy atom. The number of nitrogens with zero attached hydrogens (tertiary/aromatic N) is 2. The highest BCUT2D eigenvalue weighted by Crippen LogP contribution is 2.12. The molecule has 4 N–H and O–H groups in total. The molecule has 1 unspecified atom stereocenters. The van der Waals surface area contributed by atoms with Crippen LogP contribution in [0.3, 0.4) is 0 Å². The molecule has 0 heterocycles. The highest BCUT2D eigenvalue weighted by Gasteiger charge is 2.26. The maximum absolute atomic E-state index is 12.2. The Hall–Kier alpha value is -2.08. The van der Waals surface area contributed by atoms with Crippen LogP contribution < -0.4 is 5.73 Å². The van der Waals surface area contributed by atoms with Crippen LogP contribution in [-0.2, 0) is 11.2 Å². The van der Waals surface area contributed by atoms with Gasteiger partial charge in [0.2, 0.25) is 5.91 Å². The number of amides is 1. The van der Waals surface area contributed by atoms with Crippen LogP contribution in [0.1, 0.15) is 5.56 Å². The average molecular weight is 265 g/mol. The Bertz CT molecular complexity index is 434. The number of hydrogen-bond acceptors (Lipinski definition) is 4. The van der Waals surface area contributed by atoms with Gasteiger partial charge >= 0.3 is 0 Å². The smallest absolute Gasteiger partial charge is 0.233 e. The van der Waals surface area contributed by atoms with E-state index in [2.05, 4.69) is 5.16 Å². The lowest BCUT2D eigenvalue weighted by atomic mass is 9.97. The number of carbonyl (C=O) groups is 1. The summed E-state index contributed by atoms with van der Waals surface area (Å²) < 4.78 is 0. The summed E-state index contributed by atoms with van der Waals surface area (Å²) in [6.45, 7) is 0.0826. The van der Waals surface area contributed by atoms with Crippen molar-refractivity contribution in [3.05, 3.63) is 35.9 Å². The fourth-order valence-electron chi connectivity index (χ4n) is 1.76. The molecule has 1 aromatic rings. The predicted octanol–water partition coefficient (Wildman–Crippen LogP) is 0.0424. The van der Waals surface area contributed by atoms with Crippen LogP contribution in [0, 0.1) is 5.92 Å². The Balaban J connectivity index is 2.87. The van der Waals surface area contributed by atoms with Crippen molar-refractivity contribution in [1.82, 2.24) is 4.90 Å². The van der Waals surface area contributed by atoms with E-state index in [-0.39, 0.29) is 24.9 Å². The van der Waals surface area contributed by atoms with Crippen LogP contribution in [0.4, 0.5) is 0 Å². The standard InChI is InChI=1S/C13H19N3O3/c1-16(7-8-17)13(18)11(12(14)15-19)9-10-5-3-2-4-6-10/h2-6,11,17,19H,7-9H2,1H3,(H2,14,15). The molecule has 6 heteroatoms. The SMILES string of the molecule is CN(CCO)C(=O)C(Cc1ccccc1)C(N)=NO. The fourth-order valence-corrected chi connectivity index (χ4v) is 1.76. The number of hydrogen-bond donors (Lipinski definition) is 3. The van der Waals surface area contributed by atoms with Crippen molar-refractivity contribution in [3.8, 4) is 0 Å². The molecule has 0 aromatic heterocycles. The van der Waals surface area contributed by atoms with Crippen LogP contribution >= 0.6 is 0 Å². The molecule has 0 saturated heterocycles. The van der Waals surface area contributed by atoms with Gasteiger partial charge in [-0.05, 0) is 12.0 Å². The van der Waals surface area contributed by atoms with Gasteiger partial charge in [0.15, 0.2) is 5.84 Å². The molecule has 0 aliphatic carbocycles. The quantitative estimate of drug-likeness (QED) is 0.293. The van der Waals surface area contributed by atoms with Gasteiger partial charge in [0.05, 0.1) is 6.61 Å². The van der Waals surface area contributed by atoms with E-state index in [0.717, 1.165) is 5.56 Å². The molecule has 0 fully saturated rings. The highest BCUT2D eigenvalue weighted by atomic mass is 16.4. The summed E-state index contributed by atoms with van der Waals surface area (Å²) in [7, 11) is 1.57. The molecule has 0 spiro atoms. The summed E-state index contributed by atoms with van der Waals surface area (Å²) in [6.07, 6.45) is 0.353. The van der Waals surface area contributed by atoms with E-state index in [4.69, 9.17) is 16.0 Å². The maximum atomic E-state index is 12.2. The number of rotatable bonds is 6. The first-order valence-corrected chi connectivity index (χ1v) is 5.97. The van der Waals surface area contributed by atoms with Gasteiger partial charge in [-0.15, -0.1) is 0 Å². The molecule has 6 nitrogen and oxygen atoms in total. The lowest BCUT2D eigenvalue weighted by Crippen LogP contribution is -2.42. The minimum Gasteiger partial charge on any atom is -0.409 e. The van der Waals surface area contributed by atoms with Crippen molar-refractivity contribution in [1.29, 1.82) is 0 Å². The van der Waals surface area contributed by atoms with Crippen molar-refractivity contribution in [2.75, 3.05) is 20.2 Å². The molecular weight excluding hydrogens is 246 g/mol. The third-order valence-corrected chi connectivity index (χ3v) is 2.86. The van der Waals surface area contributed by atoms with E-state index in [1.807, 2.05) is 30.3 Å². The molecule has 19 heavy (non-hydrogen) atoms. The number of likely N-dealkylation sites (N-methyl/N-ethyl adjacent to an activating group) is 1. The second-order valence-corrected chi connectivity index (χ2v) is 4.25. The van der Waals surface area contributed by atoms with Crippen LogP contribution in [0.5, 0.6) is 0 Å². The zero-order valence-electron chi connectivity index (χ0n) is 10.9. The van der Waals surface area contributed by atoms with E-state index in [1.165, 1.54) is 4.90 Å². The van der Waals surface area contributed by atoms with E-state index >= 15 is 0 Å². The molecule has 0 bridgehead atoms. The van der Waals surface area contributed by atoms with Crippen LogP contribution in [0.2, 0.25) is 0 Å². The summed E-state index contributed by atoms with van der Waals surface area (Å²) in [4.78, 5) is 13.5. The summed E-state index contributed by atoms with van der Waals surface area (Å²) in [5, 5.41) is 20.6. The molecule has 0 aliphatic rings. The van der Waals surface area contributed by atoms with E-state index in [0.29, 0.717) is 6.42 Å². The first-order valence-electron chi connectivity index (χ1n) is 5.97. The lowest BCUT2D eigenvalue weighted by Gasteiger charge is -2.22. The number of carbonyl (C=O) groups excluding carboxylic acids is 1. The van der Waals surface area contributed by atoms with Crippen molar-refractivity contribution in [2.45, 2.75) is 6.42 Å². The molecule has 104 valence electrons. The minimum atomic E-state index is -0.732. The van der Waals surface area contributed by atoms with E-state index < -0.39 is 5.92 Å². The molecule has 1 atom stereocenters. The number of aliphatic hydroxyl groups excluding tert-OH is 1. The monoisotopic (exact) mass is 265 g/mol. The molecule has 1 amide bonds. The van der Waals surface area contributed by atoms with Gasteiger partial charge in [0.25, 0.3) is 0 Å². The van der Waals surface area contributed by atoms with Crippen molar-refractivity contribution in [2.24, 2.45) is 16.8 Å². The number of oxime groups is 1. The number of nitrogens with two attached hydrogens (primary N) is 1. The zero-order valence-corrected chi connectivity index (χ0v) is 10.9. The summed E-state index contributed by atoms with van der Waals surface area (Å²) in [6, 6.07) is 9.34. The van der Waals surface area contributed by atoms with Gasteiger partial charge < -0.3 is 20.9 Å². The first-order chi connectivity index (χ1) is 9.10. The summed E-state index contributed by atoms with van der Waals surface area (Å²) in [5.74, 6) is -1.14.